The molecule has 102 valence electrons. The minimum Gasteiger partial charge on any atom is -0.369 e. The van der Waals surface area contributed by atoms with Crippen LogP contribution in [0.25, 0.3) is 16.7 Å². The van der Waals surface area contributed by atoms with Gasteiger partial charge in [-0.25, -0.2) is 13.8 Å². The average Bonchev–Trinajstić information content (AvgIpc) is 2.69. The molecule has 0 atom stereocenters. The molecule has 0 saturated heterocycles. The summed E-state index contributed by atoms with van der Waals surface area (Å²) in [5, 5.41) is 0. The third kappa shape index (κ3) is 1.96. The topological polar surface area (TPSA) is 43.8 Å². The third-order valence-electron chi connectivity index (χ3n) is 3.12. The van der Waals surface area contributed by atoms with E-state index in [1.165, 1.54) is 18.2 Å². The Bertz CT molecular complexity index is 827. The molecule has 2 N–H and O–H groups in total. The Hall–Kier alpha value is -1.95. The maximum absolute atomic E-state index is 13.5. The van der Waals surface area contributed by atoms with Crippen LogP contribution in [0.2, 0.25) is 0 Å². The molecular weight excluding hydrogens is 328 g/mol. The van der Waals surface area contributed by atoms with Crippen LogP contribution in [-0.2, 0) is 0 Å². The molecule has 0 fully saturated rings. The molecule has 3 rings (SSSR count). The predicted molar refractivity (Wildman–Crippen MR) is 77.8 cm³/mol. The monoisotopic (exact) mass is 337 g/mol. The van der Waals surface area contributed by atoms with Gasteiger partial charge in [-0.2, -0.15) is 0 Å². The van der Waals surface area contributed by atoms with Gasteiger partial charge in [0.1, 0.15) is 11.6 Å². The number of aryl methyl sites for hydroxylation is 1. The van der Waals surface area contributed by atoms with Crippen molar-refractivity contribution < 1.29 is 8.78 Å². The molecule has 20 heavy (non-hydrogen) atoms. The number of hydrogen-bond donors (Lipinski definition) is 1. The normalized spacial score (nSPS) is 11.2. The van der Waals surface area contributed by atoms with E-state index in [0.29, 0.717) is 26.8 Å². The predicted octanol–water partition coefficient (Wildman–Crippen LogP) is 3.96. The first-order valence-corrected chi connectivity index (χ1v) is 6.66. The zero-order valence-electron chi connectivity index (χ0n) is 10.5. The molecule has 3 aromatic rings. The number of benzene rings is 2. The number of halogens is 3. The van der Waals surface area contributed by atoms with Crippen molar-refractivity contribution in [1.29, 1.82) is 0 Å². The molecule has 3 nitrogen and oxygen atoms in total. The lowest BCUT2D eigenvalue weighted by Crippen LogP contribution is -2.03. The molecule has 1 aromatic heterocycles. The highest BCUT2D eigenvalue weighted by molar-refractivity contribution is 9.10. The van der Waals surface area contributed by atoms with Crippen LogP contribution >= 0.6 is 15.9 Å². The van der Waals surface area contributed by atoms with Gasteiger partial charge in [-0.3, -0.25) is 4.57 Å². The van der Waals surface area contributed by atoms with Crippen molar-refractivity contribution in [3.8, 4) is 5.69 Å². The van der Waals surface area contributed by atoms with Crippen LogP contribution in [0.5, 0.6) is 0 Å². The average molecular weight is 338 g/mol. The minimum absolute atomic E-state index is 0.229. The lowest BCUT2D eigenvalue weighted by atomic mass is 10.2. The van der Waals surface area contributed by atoms with Gasteiger partial charge < -0.3 is 5.73 Å². The molecule has 0 spiro atoms. The summed E-state index contributed by atoms with van der Waals surface area (Å²) in [5.74, 6) is -0.509. The van der Waals surface area contributed by atoms with Crippen LogP contribution < -0.4 is 5.73 Å². The van der Waals surface area contributed by atoms with Crippen molar-refractivity contribution >= 4 is 32.9 Å². The molecule has 0 unspecified atom stereocenters. The molecule has 1 heterocycles. The number of rotatable bonds is 1. The van der Waals surface area contributed by atoms with Gasteiger partial charge in [0.15, 0.2) is 0 Å². The quantitative estimate of drug-likeness (QED) is 0.730. The zero-order chi connectivity index (χ0) is 14.4. The molecule has 0 aliphatic carbocycles. The van der Waals surface area contributed by atoms with E-state index >= 15 is 0 Å². The maximum Gasteiger partial charge on any atom is 0.205 e. The summed E-state index contributed by atoms with van der Waals surface area (Å²) in [6, 6.07) is 7.24. The van der Waals surface area contributed by atoms with E-state index in [9.17, 15) is 8.78 Å². The van der Waals surface area contributed by atoms with Crippen molar-refractivity contribution in [1.82, 2.24) is 9.55 Å². The number of nitrogens with two attached hydrogens (primary N) is 1. The van der Waals surface area contributed by atoms with E-state index in [-0.39, 0.29) is 17.6 Å². The summed E-state index contributed by atoms with van der Waals surface area (Å²) < 4.78 is 28.9. The zero-order valence-corrected chi connectivity index (χ0v) is 12.1. The number of nitrogen functional groups attached to an aromatic ring is 1. The summed E-state index contributed by atoms with van der Waals surface area (Å²) >= 11 is 3.15. The lowest BCUT2D eigenvalue weighted by Gasteiger charge is -2.11. The van der Waals surface area contributed by atoms with Crippen LogP contribution in [0.15, 0.2) is 34.8 Å². The van der Waals surface area contributed by atoms with E-state index in [1.807, 2.05) is 0 Å². The fourth-order valence-electron chi connectivity index (χ4n) is 2.20. The standard InChI is InChI=1S/C14H10BrF2N3/c1-7-4-10(17)9(15)6-12(7)20-13-5-8(16)2-3-11(13)19-14(20)18/h2-6H,1H3,(H2,18,19). The molecule has 0 saturated carbocycles. The Labute approximate surface area is 122 Å². The van der Waals surface area contributed by atoms with E-state index in [0.717, 1.165) is 0 Å². The van der Waals surface area contributed by atoms with Gasteiger partial charge >= 0.3 is 0 Å². The first kappa shape index (κ1) is 13.1. The molecule has 0 radical (unpaired) electrons. The summed E-state index contributed by atoms with van der Waals surface area (Å²) in [6.07, 6.45) is 0. The van der Waals surface area contributed by atoms with Crippen LogP contribution in [0.1, 0.15) is 5.56 Å². The molecule has 6 heteroatoms. The third-order valence-corrected chi connectivity index (χ3v) is 3.73. The number of nitrogens with zero attached hydrogens (tertiary/aromatic N) is 2. The summed E-state index contributed by atoms with van der Waals surface area (Å²) in [5.41, 5.74) is 8.38. The van der Waals surface area contributed by atoms with E-state index < -0.39 is 0 Å². The van der Waals surface area contributed by atoms with Crippen LogP contribution in [0.3, 0.4) is 0 Å². The highest BCUT2D eigenvalue weighted by Gasteiger charge is 2.14. The molecule has 0 aliphatic rings. The van der Waals surface area contributed by atoms with Crippen molar-refractivity contribution in [3.63, 3.8) is 0 Å². The second-order valence-corrected chi connectivity index (χ2v) is 5.35. The van der Waals surface area contributed by atoms with Crippen molar-refractivity contribution in [3.05, 3.63) is 52.0 Å². The fourth-order valence-corrected chi connectivity index (χ4v) is 2.53. The number of fused-ring (bicyclic) bond motifs is 1. The van der Waals surface area contributed by atoms with E-state index in [1.54, 1.807) is 23.6 Å². The van der Waals surface area contributed by atoms with E-state index in [4.69, 9.17) is 5.73 Å². The number of anilines is 1. The Kier molecular flexibility index (Phi) is 2.97. The van der Waals surface area contributed by atoms with Gasteiger partial charge in [0, 0.05) is 6.07 Å². The van der Waals surface area contributed by atoms with Crippen LogP contribution in [-0.4, -0.2) is 9.55 Å². The fraction of sp³-hybridized carbons (Fsp3) is 0.0714. The second-order valence-electron chi connectivity index (χ2n) is 4.49. The Morgan fingerprint density at radius 2 is 1.95 bits per heavy atom. The summed E-state index contributed by atoms with van der Waals surface area (Å²) in [4.78, 5) is 4.19. The van der Waals surface area contributed by atoms with Crippen LogP contribution in [0, 0.1) is 18.6 Å². The van der Waals surface area contributed by atoms with Gasteiger partial charge in [0.25, 0.3) is 0 Å². The summed E-state index contributed by atoms with van der Waals surface area (Å²) in [6.45, 7) is 1.76. The SMILES string of the molecule is Cc1cc(F)c(Br)cc1-n1c(N)nc2ccc(F)cc21. The lowest BCUT2D eigenvalue weighted by molar-refractivity contribution is 0.619. The number of imidazole rings is 1. The molecule has 0 amide bonds. The van der Waals surface area contributed by atoms with Crippen molar-refractivity contribution in [2.45, 2.75) is 6.92 Å². The van der Waals surface area contributed by atoms with Gasteiger partial charge in [0.2, 0.25) is 5.95 Å². The number of hydrogen-bond acceptors (Lipinski definition) is 2. The van der Waals surface area contributed by atoms with Crippen molar-refractivity contribution in [2.24, 2.45) is 0 Å². The maximum atomic E-state index is 13.5. The molecule has 0 aliphatic heterocycles. The molecule has 2 aromatic carbocycles. The smallest absolute Gasteiger partial charge is 0.205 e. The largest absolute Gasteiger partial charge is 0.369 e. The first-order chi connectivity index (χ1) is 9.47. The minimum atomic E-state index is -0.377. The summed E-state index contributed by atoms with van der Waals surface area (Å²) in [7, 11) is 0. The van der Waals surface area contributed by atoms with Gasteiger partial charge in [-0.05, 0) is 52.7 Å². The molecule has 0 bridgehead atoms. The van der Waals surface area contributed by atoms with Gasteiger partial charge in [0.05, 0.1) is 21.2 Å². The molecular formula is C14H10BrF2N3. The highest BCUT2D eigenvalue weighted by Crippen LogP contribution is 2.29. The Morgan fingerprint density at radius 1 is 1.20 bits per heavy atom. The number of aromatic nitrogens is 2. The Morgan fingerprint density at radius 3 is 2.70 bits per heavy atom. The van der Waals surface area contributed by atoms with Gasteiger partial charge in [-0.1, -0.05) is 0 Å². The van der Waals surface area contributed by atoms with E-state index in [2.05, 4.69) is 20.9 Å². The highest BCUT2D eigenvalue weighted by atomic mass is 79.9. The second kappa shape index (κ2) is 4.56. The first-order valence-electron chi connectivity index (χ1n) is 5.87. The van der Waals surface area contributed by atoms with Crippen LogP contribution in [0.4, 0.5) is 14.7 Å². The van der Waals surface area contributed by atoms with Crippen molar-refractivity contribution in [2.75, 3.05) is 5.73 Å². The Balaban J connectivity index is 2.37. The van der Waals surface area contributed by atoms with Gasteiger partial charge in [-0.15, -0.1) is 0 Å².